The highest BCUT2D eigenvalue weighted by Crippen LogP contribution is 2.25. The fourth-order valence-electron chi connectivity index (χ4n) is 3.45. The van der Waals surface area contributed by atoms with Crippen molar-refractivity contribution in [3.8, 4) is 0 Å². The van der Waals surface area contributed by atoms with E-state index in [0.717, 1.165) is 73.8 Å². The van der Waals surface area contributed by atoms with E-state index in [9.17, 15) is 4.79 Å². The normalized spacial score (nSPS) is 20.3. The van der Waals surface area contributed by atoms with Gasteiger partial charge in [0.25, 0.3) is 5.91 Å². The average molecular weight is 463 g/mol. The zero-order chi connectivity index (χ0) is 16.9. The number of rotatable bonds is 4. The summed E-state index contributed by atoms with van der Waals surface area (Å²) in [6.07, 6.45) is 3.44. The van der Waals surface area contributed by atoms with Crippen molar-refractivity contribution in [3.05, 3.63) is 32.4 Å². The molecule has 0 bridgehead atoms. The number of halogens is 2. The van der Waals surface area contributed by atoms with E-state index < -0.39 is 0 Å². The summed E-state index contributed by atoms with van der Waals surface area (Å²) in [7, 11) is 0. The van der Waals surface area contributed by atoms with Gasteiger partial charge in [-0.1, -0.05) is 11.6 Å². The number of morpholine rings is 1. The van der Waals surface area contributed by atoms with Crippen molar-refractivity contribution in [1.82, 2.24) is 9.80 Å². The number of hydrogen-bond donors (Lipinski definition) is 0. The van der Waals surface area contributed by atoms with Crippen molar-refractivity contribution in [2.75, 3.05) is 45.9 Å². The molecule has 0 spiro atoms. The van der Waals surface area contributed by atoms with Crippen LogP contribution in [0.25, 0.3) is 0 Å². The number of piperidine rings is 1. The smallest absolute Gasteiger partial charge is 0.254 e. The molecule has 2 heterocycles. The second-order valence-corrected chi connectivity index (χ2v) is 8.20. The average Bonchev–Trinajstić information content (AvgIpc) is 2.63. The number of carbonyl (C=O) groups excluding carboxylic acids is 1. The predicted molar refractivity (Wildman–Crippen MR) is 105 cm³/mol. The number of hydrogen-bond acceptors (Lipinski definition) is 3. The minimum absolute atomic E-state index is 0.119. The molecule has 132 valence electrons. The molecule has 0 saturated carbocycles. The Balaban J connectivity index is 1.47. The van der Waals surface area contributed by atoms with Gasteiger partial charge < -0.3 is 9.64 Å². The van der Waals surface area contributed by atoms with Gasteiger partial charge in [0.2, 0.25) is 0 Å². The van der Waals surface area contributed by atoms with E-state index in [1.54, 1.807) is 6.07 Å². The first kappa shape index (κ1) is 18.4. The molecule has 0 radical (unpaired) electrons. The molecule has 1 amide bonds. The second-order valence-electron chi connectivity index (χ2n) is 6.60. The van der Waals surface area contributed by atoms with Gasteiger partial charge in [0.1, 0.15) is 0 Å². The molecule has 3 rings (SSSR count). The third-order valence-corrected chi connectivity index (χ3v) is 6.19. The van der Waals surface area contributed by atoms with Crippen LogP contribution in [0.2, 0.25) is 5.02 Å². The van der Waals surface area contributed by atoms with Crippen LogP contribution in [-0.2, 0) is 4.74 Å². The van der Waals surface area contributed by atoms with E-state index in [-0.39, 0.29) is 5.91 Å². The van der Waals surface area contributed by atoms with Gasteiger partial charge in [-0.3, -0.25) is 9.69 Å². The number of benzene rings is 1. The molecule has 24 heavy (non-hydrogen) atoms. The third kappa shape index (κ3) is 4.84. The summed E-state index contributed by atoms with van der Waals surface area (Å²) in [6.45, 7) is 6.73. The SMILES string of the molecule is O=C(c1cc(Cl)ccc1I)N1CCC(CCN2CCOCC2)CC1. The maximum absolute atomic E-state index is 12.7. The van der Waals surface area contributed by atoms with Gasteiger partial charge >= 0.3 is 0 Å². The molecule has 2 aliphatic heterocycles. The van der Waals surface area contributed by atoms with Crippen LogP contribution in [0, 0.1) is 9.49 Å². The quantitative estimate of drug-likeness (QED) is 0.642. The van der Waals surface area contributed by atoms with Crippen LogP contribution in [0.15, 0.2) is 18.2 Å². The standard InChI is InChI=1S/C18H24ClIN2O2/c19-15-1-2-17(20)16(13-15)18(23)22-7-4-14(5-8-22)3-6-21-9-11-24-12-10-21/h1-2,13-14H,3-12H2. The van der Waals surface area contributed by atoms with Gasteiger partial charge in [0.05, 0.1) is 18.8 Å². The van der Waals surface area contributed by atoms with Gasteiger partial charge in [0.15, 0.2) is 0 Å². The Labute approximate surface area is 162 Å². The monoisotopic (exact) mass is 462 g/mol. The van der Waals surface area contributed by atoms with Crippen molar-refractivity contribution >= 4 is 40.1 Å². The minimum Gasteiger partial charge on any atom is -0.379 e. The summed E-state index contributed by atoms with van der Waals surface area (Å²) in [5.74, 6) is 0.851. The van der Waals surface area contributed by atoms with Crippen LogP contribution in [0.3, 0.4) is 0 Å². The first-order valence-electron chi connectivity index (χ1n) is 8.68. The van der Waals surface area contributed by atoms with Gasteiger partial charge in [-0.2, -0.15) is 0 Å². The van der Waals surface area contributed by atoms with Crippen molar-refractivity contribution in [2.24, 2.45) is 5.92 Å². The van der Waals surface area contributed by atoms with Crippen molar-refractivity contribution in [2.45, 2.75) is 19.3 Å². The first-order chi connectivity index (χ1) is 11.6. The number of nitrogens with zero attached hydrogens (tertiary/aromatic N) is 2. The number of likely N-dealkylation sites (tertiary alicyclic amines) is 1. The summed E-state index contributed by atoms with van der Waals surface area (Å²) in [5.41, 5.74) is 0.731. The molecule has 4 nitrogen and oxygen atoms in total. The Morgan fingerprint density at radius 1 is 1.21 bits per heavy atom. The Morgan fingerprint density at radius 3 is 2.62 bits per heavy atom. The maximum atomic E-state index is 12.7. The lowest BCUT2D eigenvalue weighted by molar-refractivity contribution is 0.0332. The van der Waals surface area contributed by atoms with Crippen molar-refractivity contribution in [3.63, 3.8) is 0 Å². The maximum Gasteiger partial charge on any atom is 0.254 e. The Hall–Kier alpha value is -0.370. The molecule has 6 heteroatoms. The van der Waals surface area contributed by atoms with Crippen molar-refractivity contribution in [1.29, 1.82) is 0 Å². The highest BCUT2D eigenvalue weighted by molar-refractivity contribution is 14.1. The van der Waals surface area contributed by atoms with Crippen LogP contribution in [0.4, 0.5) is 0 Å². The fraction of sp³-hybridized carbons (Fsp3) is 0.611. The number of ether oxygens (including phenoxy) is 1. The Morgan fingerprint density at radius 2 is 1.92 bits per heavy atom. The zero-order valence-corrected chi connectivity index (χ0v) is 16.8. The minimum atomic E-state index is 0.119. The number of amides is 1. The predicted octanol–water partition coefficient (Wildman–Crippen LogP) is 3.52. The molecular weight excluding hydrogens is 439 g/mol. The van der Waals surface area contributed by atoms with E-state index in [0.29, 0.717) is 5.02 Å². The molecule has 1 aromatic rings. The second kappa shape index (κ2) is 8.83. The largest absolute Gasteiger partial charge is 0.379 e. The molecule has 2 aliphatic rings. The highest BCUT2D eigenvalue weighted by Gasteiger charge is 2.25. The molecule has 1 aromatic carbocycles. The van der Waals surface area contributed by atoms with E-state index >= 15 is 0 Å². The van der Waals surface area contributed by atoms with E-state index in [4.69, 9.17) is 16.3 Å². The van der Waals surface area contributed by atoms with Gasteiger partial charge in [-0.05, 0) is 72.5 Å². The lowest BCUT2D eigenvalue weighted by atomic mass is 9.93. The summed E-state index contributed by atoms with van der Waals surface area (Å²) in [6, 6.07) is 5.53. The Kier molecular flexibility index (Phi) is 6.78. The summed E-state index contributed by atoms with van der Waals surface area (Å²) in [5, 5.41) is 0.624. The van der Waals surface area contributed by atoms with Crippen LogP contribution in [0.5, 0.6) is 0 Å². The van der Waals surface area contributed by atoms with Gasteiger partial charge in [-0.25, -0.2) is 0 Å². The van der Waals surface area contributed by atoms with Gasteiger partial charge in [-0.15, -0.1) is 0 Å². The summed E-state index contributed by atoms with van der Waals surface area (Å²) in [4.78, 5) is 17.2. The highest BCUT2D eigenvalue weighted by atomic mass is 127. The molecule has 0 atom stereocenters. The topological polar surface area (TPSA) is 32.8 Å². The third-order valence-electron chi connectivity index (χ3n) is 5.02. The van der Waals surface area contributed by atoms with E-state index in [1.807, 2.05) is 17.0 Å². The molecule has 0 aliphatic carbocycles. The Bertz CT molecular complexity index is 570. The van der Waals surface area contributed by atoms with Gasteiger partial charge in [0, 0.05) is 34.8 Å². The van der Waals surface area contributed by atoms with Crippen LogP contribution in [0.1, 0.15) is 29.6 Å². The van der Waals surface area contributed by atoms with E-state index in [1.165, 1.54) is 6.42 Å². The van der Waals surface area contributed by atoms with Crippen molar-refractivity contribution < 1.29 is 9.53 Å². The molecule has 0 aromatic heterocycles. The summed E-state index contributed by atoms with van der Waals surface area (Å²) < 4.78 is 6.37. The lowest BCUT2D eigenvalue weighted by Gasteiger charge is -2.34. The molecule has 2 saturated heterocycles. The van der Waals surface area contributed by atoms with E-state index in [2.05, 4.69) is 27.5 Å². The fourth-order valence-corrected chi connectivity index (χ4v) is 4.18. The van der Waals surface area contributed by atoms with Crippen LogP contribution >= 0.6 is 34.2 Å². The summed E-state index contributed by atoms with van der Waals surface area (Å²) >= 11 is 8.26. The molecular formula is C18H24ClIN2O2. The zero-order valence-electron chi connectivity index (χ0n) is 13.8. The van der Waals surface area contributed by atoms with Crippen LogP contribution in [-0.4, -0.2) is 61.6 Å². The lowest BCUT2D eigenvalue weighted by Crippen LogP contribution is -2.41. The molecule has 2 fully saturated rings. The van der Waals surface area contributed by atoms with Crippen LogP contribution < -0.4 is 0 Å². The number of carbonyl (C=O) groups is 1. The molecule has 0 unspecified atom stereocenters. The first-order valence-corrected chi connectivity index (χ1v) is 10.1. The molecule has 0 N–H and O–H groups in total.